The molecule has 1 aliphatic rings. The summed E-state index contributed by atoms with van der Waals surface area (Å²) in [4.78, 5) is 32.8. The fraction of sp³-hybridized carbons (Fsp3) is 0.400. The van der Waals surface area contributed by atoms with Gasteiger partial charge in [-0.1, -0.05) is 30.3 Å². The minimum Gasteiger partial charge on any atom is -0.497 e. The maximum Gasteiger partial charge on any atom is 0.322 e. The van der Waals surface area contributed by atoms with E-state index in [1.165, 1.54) is 0 Å². The molecule has 40 heavy (non-hydrogen) atoms. The largest absolute Gasteiger partial charge is 0.497 e. The maximum atomic E-state index is 13.8. The number of nitrogens with one attached hydrogen (secondary N) is 1. The number of hydrogen-bond donors (Lipinski definition) is 1. The summed E-state index contributed by atoms with van der Waals surface area (Å²) >= 11 is 0. The number of anilines is 1. The predicted molar refractivity (Wildman–Crippen MR) is 152 cm³/mol. The Balaban J connectivity index is 1.52. The molecule has 1 saturated heterocycles. The molecule has 3 aromatic rings. The van der Waals surface area contributed by atoms with E-state index < -0.39 is 0 Å². The third kappa shape index (κ3) is 8.49. The van der Waals surface area contributed by atoms with Gasteiger partial charge in [0.25, 0.3) is 0 Å². The molecule has 0 saturated carbocycles. The van der Waals surface area contributed by atoms with Crippen molar-refractivity contribution < 1.29 is 28.2 Å². The molecule has 0 spiro atoms. The molecule has 2 heterocycles. The van der Waals surface area contributed by atoms with Gasteiger partial charge in [-0.3, -0.25) is 9.69 Å². The van der Waals surface area contributed by atoms with Gasteiger partial charge in [-0.2, -0.15) is 0 Å². The highest BCUT2D eigenvalue weighted by molar-refractivity contribution is 5.92. The average Bonchev–Trinajstić information content (AvgIpc) is 3.39. The van der Waals surface area contributed by atoms with E-state index in [0.717, 1.165) is 24.4 Å². The molecule has 10 heteroatoms. The first-order chi connectivity index (χ1) is 19.4. The van der Waals surface area contributed by atoms with Crippen LogP contribution in [0.1, 0.15) is 17.1 Å². The quantitative estimate of drug-likeness (QED) is 0.364. The van der Waals surface area contributed by atoms with Crippen molar-refractivity contribution in [3.05, 3.63) is 77.7 Å². The highest BCUT2D eigenvalue weighted by Crippen LogP contribution is 2.26. The van der Waals surface area contributed by atoms with Crippen LogP contribution in [0, 0.1) is 6.92 Å². The number of carbonyl (C=O) groups excluding carboxylic acids is 2. The van der Waals surface area contributed by atoms with Crippen LogP contribution in [0.5, 0.6) is 11.5 Å². The molecule has 0 bridgehead atoms. The Kier molecular flexibility index (Phi) is 10.4. The molecule has 0 atom stereocenters. The van der Waals surface area contributed by atoms with Crippen molar-refractivity contribution in [2.75, 3.05) is 65.5 Å². The summed E-state index contributed by atoms with van der Waals surface area (Å²) in [5.74, 6) is 2.39. The van der Waals surface area contributed by atoms with E-state index >= 15 is 0 Å². The number of hydrogen-bond acceptors (Lipinski definition) is 7. The number of rotatable bonds is 12. The maximum absolute atomic E-state index is 13.8. The molecule has 1 aromatic heterocycles. The topological polar surface area (TPSA) is 96.7 Å². The van der Waals surface area contributed by atoms with E-state index in [2.05, 4.69) is 10.2 Å². The van der Waals surface area contributed by atoms with E-state index in [1.807, 2.05) is 49.4 Å². The van der Waals surface area contributed by atoms with Crippen molar-refractivity contribution in [2.24, 2.45) is 0 Å². The zero-order valence-corrected chi connectivity index (χ0v) is 23.4. The highest BCUT2D eigenvalue weighted by Gasteiger charge is 2.24. The van der Waals surface area contributed by atoms with Crippen molar-refractivity contribution in [2.45, 2.75) is 20.0 Å². The van der Waals surface area contributed by atoms with Crippen LogP contribution in [-0.4, -0.2) is 86.8 Å². The van der Waals surface area contributed by atoms with Crippen molar-refractivity contribution in [3.63, 3.8) is 0 Å². The van der Waals surface area contributed by atoms with Crippen LogP contribution in [0.15, 0.2) is 65.1 Å². The number of ether oxygens (including phenoxy) is 3. The first-order valence-corrected chi connectivity index (χ1v) is 13.4. The Morgan fingerprint density at radius 2 is 1.62 bits per heavy atom. The fourth-order valence-electron chi connectivity index (χ4n) is 4.48. The SMILES string of the molecule is COc1cc(NC(=O)N(CCN2CCOCC2)CC(=O)N(Cc2ccccc2)Cc2ccc(C)o2)cc(OC)c1. The number of amides is 3. The van der Waals surface area contributed by atoms with Crippen molar-refractivity contribution in [1.82, 2.24) is 14.7 Å². The molecule has 1 aliphatic heterocycles. The second-order valence-electron chi connectivity index (χ2n) is 9.65. The number of nitrogens with zero attached hydrogens (tertiary/aromatic N) is 3. The van der Waals surface area contributed by atoms with Gasteiger partial charge < -0.3 is 33.7 Å². The summed E-state index contributed by atoms with van der Waals surface area (Å²) in [6.45, 7) is 6.35. The average molecular weight is 551 g/mol. The molecule has 1 fully saturated rings. The van der Waals surface area contributed by atoms with E-state index in [9.17, 15) is 9.59 Å². The molecular formula is C30H38N4O6. The molecule has 0 unspecified atom stereocenters. The lowest BCUT2D eigenvalue weighted by Gasteiger charge is -2.31. The van der Waals surface area contributed by atoms with Crippen LogP contribution in [0.25, 0.3) is 0 Å². The minimum absolute atomic E-state index is 0.0935. The molecule has 0 aliphatic carbocycles. The number of methoxy groups -OCH3 is 2. The zero-order valence-electron chi connectivity index (χ0n) is 23.4. The van der Waals surface area contributed by atoms with E-state index in [4.69, 9.17) is 18.6 Å². The number of aryl methyl sites for hydroxylation is 1. The Bertz CT molecular complexity index is 1220. The number of urea groups is 1. The summed E-state index contributed by atoms with van der Waals surface area (Å²) in [5.41, 5.74) is 1.50. The molecule has 3 amide bonds. The first kappa shape index (κ1) is 29.0. The van der Waals surface area contributed by atoms with Gasteiger partial charge in [0, 0.05) is 56.6 Å². The van der Waals surface area contributed by atoms with E-state index in [0.29, 0.717) is 62.3 Å². The second kappa shape index (κ2) is 14.4. The molecule has 1 N–H and O–H groups in total. The lowest BCUT2D eigenvalue weighted by molar-refractivity contribution is -0.133. The van der Waals surface area contributed by atoms with Crippen LogP contribution >= 0.6 is 0 Å². The lowest BCUT2D eigenvalue weighted by Crippen LogP contribution is -2.48. The predicted octanol–water partition coefficient (Wildman–Crippen LogP) is 4.00. The van der Waals surface area contributed by atoms with Crippen molar-refractivity contribution in [3.8, 4) is 11.5 Å². The Labute approximate surface area is 235 Å². The minimum atomic E-state index is -0.384. The van der Waals surface area contributed by atoms with E-state index in [1.54, 1.807) is 42.2 Å². The Morgan fingerprint density at radius 1 is 0.925 bits per heavy atom. The molecule has 2 aromatic carbocycles. The van der Waals surface area contributed by atoms with Crippen molar-refractivity contribution >= 4 is 17.6 Å². The van der Waals surface area contributed by atoms with Crippen LogP contribution in [0.4, 0.5) is 10.5 Å². The third-order valence-electron chi connectivity index (χ3n) is 6.72. The monoisotopic (exact) mass is 550 g/mol. The highest BCUT2D eigenvalue weighted by atomic mass is 16.5. The molecule has 10 nitrogen and oxygen atoms in total. The molecule has 0 radical (unpaired) electrons. The normalized spacial score (nSPS) is 13.5. The van der Waals surface area contributed by atoms with Crippen LogP contribution < -0.4 is 14.8 Å². The summed E-state index contributed by atoms with van der Waals surface area (Å²) < 4.78 is 21.9. The fourth-order valence-corrected chi connectivity index (χ4v) is 4.48. The van der Waals surface area contributed by atoms with Crippen LogP contribution in [0.2, 0.25) is 0 Å². The Hall–Kier alpha value is -4.02. The standard InChI is InChI=1S/C30H38N4O6/c1-23-9-10-26(40-23)21-34(20-24-7-5-4-6-8-24)29(35)22-33(12-11-32-13-15-39-16-14-32)30(36)31-25-17-27(37-2)19-28(18-25)38-3/h4-10,17-19H,11-16,20-22H2,1-3H3,(H,31,36). The van der Waals surface area contributed by atoms with Gasteiger partial charge in [0.05, 0.1) is 34.0 Å². The van der Waals surface area contributed by atoms with Gasteiger partial charge in [-0.05, 0) is 24.6 Å². The zero-order chi connectivity index (χ0) is 28.3. The van der Waals surface area contributed by atoms with Gasteiger partial charge in [0.15, 0.2) is 0 Å². The first-order valence-electron chi connectivity index (χ1n) is 13.4. The molecule has 4 rings (SSSR count). The lowest BCUT2D eigenvalue weighted by atomic mass is 10.2. The van der Waals surface area contributed by atoms with Crippen LogP contribution in [0.3, 0.4) is 0 Å². The Morgan fingerprint density at radius 3 is 2.25 bits per heavy atom. The summed E-state index contributed by atoms with van der Waals surface area (Å²) in [7, 11) is 3.10. The molecular weight excluding hydrogens is 512 g/mol. The number of morpholine rings is 1. The van der Waals surface area contributed by atoms with Gasteiger partial charge >= 0.3 is 6.03 Å². The number of benzene rings is 2. The van der Waals surface area contributed by atoms with Gasteiger partial charge in [-0.25, -0.2) is 4.79 Å². The third-order valence-corrected chi connectivity index (χ3v) is 6.72. The molecule has 214 valence electrons. The van der Waals surface area contributed by atoms with Crippen molar-refractivity contribution in [1.29, 1.82) is 0 Å². The van der Waals surface area contributed by atoms with Gasteiger partial charge in [0.1, 0.15) is 29.6 Å². The number of furan rings is 1. The summed E-state index contributed by atoms with van der Waals surface area (Å²) in [5, 5.41) is 2.92. The smallest absolute Gasteiger partial charge is 0.322 e. The van der Waals surface area contributed by atoms with E-state index in [-0.39, 0.29) is 18.5 Å². The van der Waals surface area contributed by atoms with Gasteiger partial charge in [-0.15, -0.1) is 0 Å². The van der Waals surface area contributed by atoms with Gasteiger partial charge in [0.2, 0.25) is 5.91 Å². The second-order valence-corrected chi connectivity index (χ2v) is 9.65. The number of carbonyl (C=O) groups is 2. The van der Waals surface area contributed by atoms with Crippen LogP contribution in [-0.2, 0) is 22.6 Å². The summed E-state index contributed by atoms with van der Waals surface area (Å²) in [6, 6.07) is 18.3. The summed E-state index contributed by atoms with van der Waals surface area (Å²) in [6.07, 6.45) is 0.